The minimum absolute atomic E-state index is 0.109. The Morgan fingerprint density at radius 1 is 1.07 bits per heavy atom. The first-order chi connectivity index (χ1) is 12.9. The fourth-order valence-electron chi connectivity index (χ4n) is 3.79. The van der Waals surface area contributed by atoms with E-state index in [-0.39, 0.29) is 5.91 Å². The zero-order chi connectivity index (χ0) is 19.4. The number of benzene rings is 2. The SMILES string of the molecule is Cc1ccc(CC(N)C(=O)N2CCC(C(=O)O)(c3ccccc3)CC2)cc1. The number of hydrogen-bond donors (Lipinski definition) is 2. The first-order valence-corrected chi connectivity index (χ1v) is 9.31. The van der Waals surface area contributed by atoms with Crippen LogP contribution in [0.4, 0.5) is 0 Å². The molecular weight excluding hydrogens is 340 g/mol. The predicted molar refractivity (Wildman–Crippen MR) is 104 cm³/mol. The summed E-state index contributed by atoms with van der Waals surface area (Å²) in [4.78, 5) is 26.5. The monoisotopic (exact) mass is 366 g/mol. The van der Waals surface area contributed by atoms with Crippen LogP contribution >= 0.6 is 0 Å². The van der Waals surface area contributed by atoms with E-state index in [9.17, 15) is 14.7 Å². The quantitative estimate of drug-likeness (QED) is 0.852. The van der Waals surface area contributed by atoms with Crippen molar-refractivity contribution in [3.63, 3.8) is 0 Å². The third kappa shape index (κ3) is 4.03. The fraction of sp³-hybridized carbons (Fsp3) is 0.364. The van der Waals surface area contributed by atoms with Gasteiger partial charge in [0.25, 0.3) is 0 Å². The molecule has 5 heteroatoms. The average Bonchev–Trinajstić information content (AvgIpc) is 2.69. The van der Waals surface area contributed by atoms with Crippen molar-refractivity contribution in [2.75, 3.05) is 13.1 Å². The van der Waals surface area contributed by atoms with Crippen LogP contribution in [0.15, 0.2) is 54.6 Å². The molecule has 1 amide bonds. The zero-order valence-corrected chi connectivity index (χ0v) is 15.6. The number of nitrogens with two attached hydrogens (primary N) is 1. The van der Waals surface area contributed by atoms with Gasteiger partial charge in [-0.15, -0.1) is 0 Å². The molecule has 1 aliphatic heterocycles. The van der Waals surface area contributed by atoms with Crippen LogP contribution in [0.1, 0.15) is 29.5 Å². The van der Waals surface area contributed by atoms with E-state index in [1.54, 1.807) is 4.90 Å². The number of carboxylic acid groups (broad SMARTS) is 1. The zero-order valence-electron chi connectivity index (χ0n) is 15.6. The van der Waals surface area contributed by atoms with Gasteiger partial charge in [0.1, 0.15) is 0 Å². The topological polar surface area (TPSA) is 83.6 Å². The molecule has 0 radical (unpaired) electrons. The molecule has 3 N–H and O–H groups in total. The van der Waals surface area contributed by atoms with Crippen molar-refractivity contribution in [3.8, 4) is 0 Å². The number of likely N-dealkylation sites (tertiary alicyclic amines) is 1. The Morgan fingerprint density at radius 3 is 2.22 bits per heavy atom. The molecule has 1 atom stereocenters. The summed E-state index contributed by atoms with van der Waals surface area (Å²) in [6.07, 6.45) is 1.28. The van der Waals surface area contributed by atoms with Gasteiger partial charge in [0.2, 0.25) is 5.91 Å². The summed E-state index contributed by atoms with van der Waals surface area (Å²) in [7, 11) is 0. The third-order valence-corrected chi connectivity index (χ3v) is 5.56. The van der Waals surface area contributed by atoms with Crippen LogP contribution in [0, 0.1) is 6.92 Å². The fourth-order valence-corrected chi connectivity index (χ4v) is 3.79. The minimum atomic E-state index is -0.931. The summed E-state index contributed by atoms with van der Waals surface area (Å²) in [5.74, 6) is -0.938. The van der Waals surface area contributed by atoms with Crippen LogP contribution in [0.2, 0.25) is 0 Å². The number of carbonyl (C=O) groups is 2. The number of rotatable bonds is 5. The molecule has 2 aromatic carbocycles. The van der Waals surface area contributed by atoms with Crippen molar-refractivity contribution in [2.24, 2.45) is 5.73 Å². The highest BCUT2D eigenvalue weighted by molar-refractivity contribution is 5.84. The summed E-state index contributed by atoms with van der Waals surface area (Å²) >= 11 is 0. The Balaban J connectivity index is 1.66. The molecule has 27 heavy (non-hydrogen) atoms. The second-order valence-corrected chi connectivity index (χ2v) is 7.37. The first kappa shape index (κ1) is 19.1. The van der Waals surface area contributed by atoms with E-state index < -0.39 is 17.4 Å². The average molecular weight is 366 g/mol. The van der Waals surface area contributed by atoms with Gasteiger partial charge in [-0.2, -0.15) is 0 Å². The molecule has 0 bridgehead atoms. The Bertz CT molecular complexity index is 794. The van der Waals surface area contributed by atoms with Crippen LogP contribution in [0.3, 0.4) is 0 Å². The van der Waals surface area contributed by atoms with E-state index in [0.717, 1.165) is 11.1 Å². The normalized spacial score (nSPS) is 17.3. The van der Waals surface area contributed by atoms with E-state index in [2.05, 4.69) is 0 Å². The maximum Gasteiger partial charge on any atom is 0.314 e. The molecule has 3 rings (SSSR count). The summed E-state index contributed by atoms with van der Waals surface area (Å²) in [6.45, 7) is 2.83. The van der Waals surface area contributed by atoms with Crippen LogP contribution in [0.5, 0.6) is 0 Å². The number of hydrogen-bond acceptors (Lipinski definition) is 3. The van der Waals surface area contributed by atoms with Gasteiger partial charge < -0.3 is 15.7 Å². The number of piperidine rings is 1. The number of aliphatic carboxylic acids is 1. The smallest absolute Gasteiger partial charge is 0.314 e. The van der Waals surface area contributed by atoms with Gasteiger partial charge in [-0.1, -0.05) is 60.2 Å². The van der Waals surface area contributed by atoms with E-state index in [0.29, 0.717) is 32.4 Å². The second kappa shape index (κ2) is 7.92. The molecule has 0 aromatic heterocycles. The Morgan fingerprint density at radius 2 is 1.67 bits per heavy atom. The highest BCUT2D eigenvalue weighted by Gasteiger charge is 2.44. The van der Waals surface area contributed by atoms with Crippen LogP contribution in [-0.2, 0) is 21.4 Å². The summed E-state index contributed by atoms with van der Waals surface area (Å²) < 4.78 is 0. The van der Waals surface area contributed by atoms with Crippen LogP contribution in [-0.4, -0.2) is 41.0 Å². The van der Waals surface area contributed by atoms with Crippen molar-refractivity contribution in [3.05, 3.63) is 71.3 Å². The molecule has 0 spiro atoms. The summed E-state index contributed by atoms with van der Waals surface area (Å²) in [6, 6.07) is 16.7. The molecule has 0 aliphatic carbocycles. The molecule has 5 nitrogen and oxygen atoms in total. The lowest BCUT2D eigenvalue weighted by Crippen LogP contribution is -2.53. The van der Waals surface area contributed by atoms with Gasteiger partial charge in [-0.05, 0) is 37.3 Å². The molecular formula is C22H26N2O3. The van der Waals surface area contributed by atoms with E-state index >= 15 is 0 Å². The Labute approximate surface area is 159 Å². The maximum absolute atomic E-state index is 12.7. The highest BCUT2D eigenvalue weighted by Crippen LogP contribution is 2.36. The molecule has 1 unspecified atom stereocenters. The lowest BCUT2D eigenvalue weighted by molar-refractivity contribution is -0.148. The van der Waals surface area contributed by atoms with Crippen molar-refractivity contribution in [2.45, 2.75) is 37.6 Å². The number of amides is 1. The van der Waals surface area contributed by atoms with Gasteiger partial charge in [-0.25, -0.2) is 0 Å². The number of carbonyl (C=O) groups excluding carboxylic acids is 1. The van der Waals surface area contributed by atoms with Gasteiger partial charge in [0, 0.05) is 13.1 Å². The molecule has 0 saturated carbocycles. The third-order valence-electron chi connectivity index (χ3n) is 5.56. The lowest BCUT2D eigenvalue weighted by atomic mass is 9.72. The molecule has 142 valence electrons. The lowest BCUT2D eigenvalue weighted by Gasteiger charge is -2.40. The van der Waals surface area contributed by atoms with Gasteiger partial charge in [0.15, 0.2) is 0 Å². The van der Waals surface area contributed by atoms with Crippen molar-refractivity contribution in [1.29, 1.82) is 0 Å². The van der Waals surface area contributed by atoms with Crippen molar-refractivity contribution in [1.82, 2.24) is 4.90 Å². The second-order valence-electron chi connectivity index (χ2n) is 7.37. The standard InChI is InChI=1S/C22H26N2O3/c1-16-7-9-17(10-8-16)15-19(23)20(25)24-13-11-22(12-14-24,21(26)27)18-5-3-2-4-6-18/h2-10,19H,11-15,23H2,1H3,(H,26,27). The Kier molecular flexibility index (Phi) is 5.61. The van der Waals surface area contributed by atoms with Gasteiger partial charge in [0.05, 0.1) is 11.5 Å². The molecule has 1 saturated heterocycles. The van der Waals surface area contributed by atoms with Crippen molar-refractivity contribution < 1.29 is 14.7 Å². The molecule has 2 aromatic rings. The van der Waals surface area contributed by atoms with Crippen LogP contribution < -0.4 is 5.73 Å². The van der Waals surface area contributed by atoms with Gasteiger partial charge >= 0.3 is 5.97 Å². The highest BCUT2D eigenvalue weighted by atomic mass is 16.4. The number of nitrogens with zero attached hydrogens (tertiary/aromatic N) is 1. The summed E-state index contributed by atoms with van der Waals surface area (Å²) in [5.41, 5.74) is 8.21. The number of aryl methyl sites for hydroxylation is 1. The molecule has 1 heterocycles. The minimum Gasteiger partial charge on any atom is -0.481 e. The largest absolute Gasteiger partial charge is 0.481 e. The molecule has 1 fully saturated rings. The molecule has 1 aliphatic rings. The van der Waals surface area contributed by atoms with Crippen LogP contribution in [0.25, 0.3) is 0 Å². The maximum atomic E-state index is 12.7. The number of carboxylic acids is 1. The van der Waals surface area contributed by atoms with Gasteiger partial charge in [-0.3, -0.25) is 9.59 Å². The predicted octanol–water partition coefficient (Wildman–Crippen LogP) is 2.51. The van der Waals surface area contributed by atoms with Crippen molar-refractivity contribution >= 4 is 11.9 Å². The van der Waals surface area contributed by atoms with E-state index in [4.69, 9.17) is 5.73 Å². The van der Waals surface area contributed by atoms with E-state index in [1.165, 1.54) is 5.56 Å². The Hall–Kier alpha value is -2.66. The summed E-state index contributed by atoms with van der Waals surface area (Å²) in [5, 5.41) is 9.87. The van der Waals surface area contributed by atoms with E-state index in [1.807, 2.05) is 61.5 Å². The first-order valence-electron chi connectivity index (χ1n) is 9.31.